The van der Waals surface area contributed by atoms with E-state index >= 15 is 0 Å². The van der Waals surface area contributed by atoms with Gasteiger partial charge in [-0.3, -0.25) is 0 Å². The number of hydrogen-bond donors (Lipinski definition) is 1. The molecule has 0 spiro atoms. The maximum absolute atomic E-state index is 10.4. The molecular weight excluding hydrogens is 386 g/mol. The number of rotatable bonds is 15. The molecular formula is C23H48BrNO. The largest absolute Gasteiger partial charge is 0.393 e. The minimum atomic E-state index is -0.0570. The molecule has 3 atom stereocenters. The van der Waals surface area contributed by atoms with Gasteiger partial charge in [0.2, 0.25) is 0 Å². The third-order valence-electron chi connectivity index (χ3n) is 6.29. The van der Waals surface area contributed by atoms with Crippen LogP contribution in [0, 0.1) is 5.92 Å². The average molecular weight is 435 g/mol. The maximum Gasteiger partial charge on any atom is 0.0583 e. The Balaban J connectivity index is 0.00000625. The number of hydrogen-bond acceptors (Lipinski definition) is 2. The van der Waals surface area contributed by atoms with Gasteiger partial charge >= 0.3 is 0 Å². The van der Waals surface area contributed by atoms with Gasteiger partial charge in [-0.1, -0.05) is 96.8 Å². The molecule has 2 nitrogen and oxygen atoms in total. The second-order valence-electron chi connectivity index (χ2n) is 8.72. The summed E-state index contributed by atoms with van der Waals surface area (Å²) < 4.78 is 0. The summed E-state index contributed by atoms with van der Waals surface area (Å²) in [5.74, 6) is 0.511. The van der Waals surface area contributed by atoms with Crippen molar-refractivity contribution in [3.05, 3.63) is 0 Å². The molecule has 0 aromatic carbocycles. The minimum Gasteiger partial charge on any atom is -0.393 e. The molecule has 0 heterocycles. The van der Waals surface area contributed by atoms with Crippen LogP contribution in [0.25, 0.3) is 0 Å². The van der Waals surface area contributed by atoms with E-state index in [0.717, 1.165) is 6.42 Å². The molecule has 1 rings (SSSR count). The number of aliphatic hydroxyl groups excluding tert-OH is 1. The van der Waals surface area contributed by atoms with Crippen molar-refractivity contribution in [3.63, 3.8) is 0 Å². The Hall–Kier alpha value is 0.400. The highest BCUT2D eigenvalue weighted by molar-refractivity contribution is 8.93. The molecule has 0 aromatic rings. The smallest absolute Gasteiger partial charge is 0.0583 e. The first kappa shape index (κ1) is 26.4. The summed E-state index contributed by atoms with van der Waals surface area (Å²) in [7, 11) is 4.40. The molecule has 0 amide bonds. The minimum absolute atomic E-state index is 0. The number of halogens is 1. The van der Waals surface area contributed by atoms with E-state index < -0.39 is 0 Å². The SMILES string of the molecule is Br.CCCCCCCCCCCCCCC(C1CCCCC1O)N(C)C. The maximum atomic E-state index is 10.4. The van der Waals surface area contributed by atoms with E-state index in [0.29, 0.717) is 12.0 Å². The van der Waals surface area contributed by atoms with Crippen molar-refractivity contribution in [2.45, 2.75) is 128 Å². The monoisotopic (exact) mass is 433 g/mol. The molecule has 0 aromatic heterocycles. The van der Waals surface area contributed by atoms with Crippen LogP contribution < -0.4 is 0 Å². The average Bonchev–Trinajstić information content (AvgIpc) is 2.60. The van der Waals surface area contributed by atoms with E-state index in [1.165, 1.54) is 103 Å². The Kier molecular flexibility index (Phi) is 17.8. The zero-order chi connectivity index (χ0) is 18.3. The van der Waals surface area contributed by atoms with Gasteiger partial charge < -0.3 is 10.0 Å². The summed E-state index contributed by atoms with van der Waals surface area (Å²) in [5, 5.41) is 10.4. The molecule has 1 fully saturated rings. The van der Waals surface area contributed by atoms with Gasteiger partial charge in [0.05, 0.1) is 6.10 Å². The molecule has 1 aliphatic rings. The zero-order valence-electron chi connectivity index (χ0n) is 18.1. The second-order valence-corrected chi connectivity index (χ2v) is 8.72. The van der Waals surface area contributed by atoms with Gasteiger partial charge in [0.1, 0.15) is 0 Å². The lowest BCUT2D eigenvalue weighted by molar-refractivity contribution is 0.0194. The predicted molar refractivity (Wildman–Crippen MR) is 121 cm³/mol. The lowest BCUT2D eigenvalue weighted by atomic mass is 9.79. The van der Waals surface area contributed by atoms with Gasteiger partial charge in [0, 0.05) is 12.0 Å². The first-order valence-electron chi connectivity index (χ1n) is 11.5. The second kappa shape index (κ2) is 17.5. The molecule has 3 heteroatoms. The van der Waals surface area contributed by atoms with Gasteiger partial charge in [-0.15, -0.1) is 17.0 Å². The van der Waals surface area contributed by atoms with Gasteiger partial charge in [-0.2, -0.15) is 0 Å². The van der Waals surface area contributed by atoms with Gasteiger partial charge in [0.15, 0.2) is 0 Å². The van der Waals surface area contributed by atoms with Gasteiger partial charge in [-0.25, -0.2) is 0 Å². The highest BCUT2D eigenvalue weighted by Crippen LogP contribution is 2.31. The molecule has 3 unspecified atom stereocenters. The van der Waals surface area contributed by atoms with Crippen molar-refractivity contribution in [1.29, 1.82) is 0 Å². The van der Waals surface area contributed by atoms with Crippen molar-refractivity contribution in [1.82, 2.24) is 4.90 Å². The molecule has 0 bridgehead atoms. The number of unbranched alkanes of at least 4 members (excludes halogenated alkanes) is 11. The van der Waals surface area contributed by atoms with Crippen molar-refractivity contribution in [3.8, 4) is 0 Å². The molecule has 26 heavy (non-hydrogen) atoms. The van der Waals surface area contributed by atoms with Crippen molar-refractivity contribution in [2.75, 3.05) is 14.1 Å². The van der Waals surface area contributed by atoms with Crippen LogP contribution in [0.2, 0.25) is 0 Å². The van der Waals surface area contributed by atoms with E-state index in [9.17, 15) is 5.11 Å². The first-order valence-corrected chi connectivity index (χ1v) is 11.5. The summed E-state index contributed by atoms with van der Waals surface area (Å²) in [6, 6.07) is 0.582. The van der Waals surface area contributed by atoms with Crippen LogP contribution in [0.5, 0.6) is 0 Å². The fourth-order valence-corrected chi connectivity index (χ4v) is 4.64. The Morgan fingerprint density at radius 2 is 1.23 bits per heavy atom. The van der Waals surface area contributed by atoms with Crippen molar-refractivity contribution in [2.24, 2.45) is 5.92 Å². The summed E-state index contributed by atoms with van der Waals surface area (Å²) >= 11 is 0. The van der Waals surface area contributed by atoms with Gasteiger partial charge in [0.25, 0.3) is 0 Å². The lowest BCUT2D eigenvalue weighted by Crippen LogP contribution is -2.42. The van der Waals surface area contributed by atoms with E-state index in [1.54, 1.807) is 0 Å². The molecule has 1 saturated carbocycles. The molecule has 0 saturated heterocycles. The van der Waals surface area contributed by atoms with Crippen LogP contribution in [0.4, 0.5) is 0 Å². The zero-order valence-corrected chi connectivity index (χ0v) is 19.8. The summed E-state index contributed by atoms with van der Waals surface area (Å²) in [4.78, 5) is 2.37. The molecule has 0 radical (unpaired) electrons. The molecule has 0 aliphatic heterocycles. The molecule has 158 valence electrons. The summed E-state index contributed by atoms with van der Waals surface area (Å²) in [6.07, 6.45) is 23.0. The Morgan fingerprint density at radius 3 is 1.69 bits per heavy atom. The first-order chi connectivity index (χ1) is 12.2. The number of aliphatic hydroxyl groups is 1. The number of nitrogens with zero attached hydrogens (tertiary/aromatic N) is 1. The van der Waals surface area contributed by atoms with E-state index in [-0.39, 0.29) is 23.1 Å². The van der Waals surface area contributed by atoms with Crippen molar-refractivity contribution >= 4 is 17.0 Å². The molecule has 1 N–H and O–H groups in total. The summed E-state index contributed by atoms with van der Waals surface area (Å²) in [6.45, 7) is 2.29. The topological polar surface area (TPSA) is 23.5 Å². The summed E-state index contributed by atoms with van der Waals surface area (Å²) in [5.41, 5.74) is 0. The molecule has 1 aliphatic carbocycles. The van der Waals surface area contributed by atoms with E-state index in [2.05, 4.69) is 25.9 Å². The van der Waals surface area contributed by atoms with Crippen LogP contribution in [0.1, 0.15) is 116 Å². The predicted octanol–water partition coefficient (Wildman–Crippen LogP) is 7.14. The van der Waals surface area contributed by atoms with Crippen LogP contribution in [0.15, 0.2) is 0 Å². The van der Waals surface area contributed by atoms with Crippen LogP contribution >= 0.6 is 17.0 Å². The van der Waals surface area contributed by atoms with Crippen LogP contribution in [0.3, 0.4) is 0 Å². The fourth-order valence-electron chi connectivity index (χ4n) is 4.64. The highest BCUT2D eigenvalue weighted by Gasteiger charge is 2.31. The van der Waals surface area contributed by atoms with Crippen molar-refractivity contribution < 1.29 is 5.11 Å². The standard InChI is InChI=1S/C23H47NO.BrH/c1-4-5-6-7-8-9-10-11-12-13-14-15-19-22(24(2)3)21-18-16-17-20-23(21)25;/h21-23,25H,4-20H2,1-3H3;1H. The highest BCUT2D eigenvalue weighted by atomic mass is 79.9. The Bertz CT molecular complexity index is 298. The third kappa shape index (κ3) is 12.0. The fraction of sp³-hybridized carbons (Fsp3) is 1.00. The quantitative estimate of drug-likeness (QED) is 0.277. The van der Waals surface area contributed by atoms with Gasteiger partial charge in [-0.05, 0) is 33.4 Å². The van der Waals surface area contributed by atoms with E-state index in [4.69, 9.17) is 0 Å². The Labute approximate surface area is 175 Å². The lowest BCUT2D eigenvalue weighted by Gasteiger charge is -2.38. The van der Waals surface area contributed by atoms with Crippen LogP contribution in [-0.4, -0.2) is 36.2 Å². The normalized spacial score (nSPS) is 21.6. The third-order valence-corrected chi connectivity index (χ3v) is 6.29. The Morgan fingerprint density at radius 1 is 0.769 bits per heavy atom. The van der Waals surface area contributed by atoms with Crippen LogP contribution in [-0.2, 0) is 0 Å². The van der Waals surface area contributed by atoms with E-state index in [1.807, 2.05) is 0 Å².